The molecule has 2 aromatic carbocycles. The number of amides is 1. The number of aromatic nitrogens is 1. The zero-order chi connectivity index (χ0) is 24.4. The molecule has 2 saturated heterocycles. The summed E-state index contributed by atoms with van der Waals surface area (Å²) in [6.45, 7) is 4.54. The summed E-state index contributed by atoms with van der Waals surface area (Å²) in [5.74, 6) is -2.35. The van der Waals surface area contributed by atoms with E-state index >= 15 is 0 Å². The van der Waals surface area contributed by atoms with Crippen LogP contribution in [0, 0.1) is 23.4 Å². The number of nitrogens with zero attached hydrogens (tertiary/aromatic N) is 2. The second kappa shape index (κ2) is 10.3. The maximum absolute atomic E-state index is 13.8. The average Bonchev–Trinajstić information content (AvgIpc) is 3.30. The third kappa shape index (κ3) is 5.30. The van der Waals surface area contributed by atoms with E-state index in [1.165, 1.54) is 28.6 Å². The van der Waals surface area contributed by atoms with Crippen molar-refractivity contribution in [2.75, 3.05) is 32.7 Å². The number of fused-ring (bicyclic) bond motifs is 1. The molecule has 1 amide bonds. The van der Waals surface area contributed by atoms with Gasteiger partial charge in [0.15, 0.2) is 11.6 Å². The Morgan fingerprint density at radius 3 is 2.43 bits per heavy atom. The van der Waals surface area contributed by atoms with Crippen molar-refractivity contribution in [1.82, 2.24) is 14.8 Å². The van der Waals surface area contributed by atoms with Crippen LogP contribution in [-0.4, -0.2) is 53.4 Å². The van der Waals surface area contributed by atoms with Gasteiger partial charge in [0.25, 0.3) is 0 Å². The molecule has 0 atom stereocenters. The first-order valence-electron chi connectivity index (χ1n) is 12.4. The van der Waals surface area contributed by atoms with Crippen LogP contribution in [0.25, 0.3) is 17.0 Å². The van der Waals surface area contributed by atoms with Gasteiger partial charge in [-0.3, -0.25) is 4.79 Å². The highest BCUT2D eigenvalue weighted by Crippen LogP contribution is 2.33. The summed E-state index contributed by atoms with van der Waals surface area (Å²) < 4.78 is 40.2. The summed E-state index contributed by atoms with van der Waals surface area (Å²) in [6, 6.07) is 9.75. The monoisotopic (exact) mass is 481 g/mol. The van der Waals surface area contributed by atoms with Crippen LogP contribution in [-0.2, 0) is 4.79 Å². The van der Waals surface area contributed by atoms with E-state index in [0.29, 0.717) is 31.0 Å². The Hall–Kier alpha value is -3.06. The zero-order valence-corrected chi connectivity index (χ0v) is 19.7. The number of H-pyrrole nitrogens is 1. The highest BCUT2D eigenvalue weighted by molar-refractivity contribution is 5.91. The van der Waals surface area contributed by atoms with Crippen LogP contribution in [0.3, 0.4) is 0 Å². The maximum atomic E-state index is 13.8. The summed E-state index contributed by atoms with van der Waals surface area (Å²) in [5, 5.41) is 1.34. The minimum absolute atomic E-state index is 0.136. The summed E-state index contributed by atoms with van der Waals surface area (Å²) in [6.07, 6.45) is 8.81. The van der Waals surface area contributed by atoms with E-state index in [2.05, 4.69) is 40.3 Å². The van der Waals surface area contributed by atoms with Gasteiger partial charge in [0.2, 0.25) is 5.91 Å². The molecule has 5 rings (SSSR count). The number of hydrogen-bond donors (Lipinski definition) is 1. The SMILES string of the molecule is O=C(/C=C/c1cc(F)c(F)cc1F)N1CCC(CN2CCC(c3c[nH]c4ccccc34)CC2)CC1. The van der Waals surface area contributed by atoms with E-state index in [1.807, 2.05) is 0 Å². The van der Waals surface area contributed by atoms with E-state index in [1.54, 1.807) is 4.90 Å². The molecule has 2 fully saturated rings. The number of nitrogens with one attached hydrogen (secondary N) is 1. The van der Waals surface area contributed by atoms with Crippen molar-refractivity contribution >= 4 is 22.9 Å². The molecule has 2 aliphatic rings. The van der Waals surface area contributed by atoms with Crippen molar-refractivity contribution in [2.45, 2.75) is 31.6 Å². The van der Waals surface area contributed by atoms with Crippen molar-refractivity contribution in [1.29, 1.82) is 0 Å². The molecule has 0 radical (unpaired) electrons. The first-order chi connectivity index (χ1) is 17.0. The predicted octanol–water partition coefficient (Wildman–Crippen LogP) is 5.72. The third-order valence-electron chi connectivity index (χ3n) is 7.54. The topological polar surface area (TPSA) is 39.3 Å². The van der Waals surface area contributed by atoms with Gasteiger partial charge in [-0.1, -0.05) is 18.2 Å². The van der Waals surface area contributed by atoms with Crippen molar-refractivity contribution in [3.63, 3.8) is 0 Å². The number of halogens is 3. The predicted molar refractivity (Wildman–Crippen MR) is 131 cm³/mol. The Morgan fingerprint density at radius 1 is 0.943 bits per heavy atom. The molecule has 0 bridgehead atoms. The normalized spacial score (nSPS) is 18.7. The number of hydrogen-bond acceptors (Lipinski definition) is 2. The van der Waals surface area contributed by atoms with Crippen molar-refractivity contribution in [3.05, 3.63) is 77.2 Å². The highest BCUT2D eigenvalue weighted by atomic mass is 19.2. The lowest BCUT2D eigenvalue weighted by Gasteiger charge is -2.37. The number of carbonyl (C=O) groups excluding carboxylic acids is 1. The molecule has 1 aromatic heterocycles. The Morgan fingerprint density at radius 2 is 1.66 bits per heavy atom. The molecule has 0 saturated carbocycles. The average molecular weight is 482 g/mol. The molecule has 3 aromatic rings. The molecular weight excluding hydrogens is 451 g/mol. The van der Waals surface area contributed by atoms with Gasteiger partial charge >= 0.3 is 0 Å². The maximum Gasteiger partial charge on any atom is 0.246 e. The van der Waals surface area contributed by atoms with Crippen LogP contribution in [0.1, 0.15) is 42.7 Å². The summed E-state index contributed by atoms with van der Waals surface area (Å²) in [5.41, 5.74) is 2.50. The van der Waals surface area contributed by atoms with E-state index in [4.69, 9.17) is 0 Å². The van der Waals surface area contributed by atoms with Crippen LogP contribution >= 0.6 is 0 Å². The summed E-state index contributed by atoms with van der Waals surface area (Å²) in [7, 11) is 0. The second-order valence-electron chi connectivity index (χ2n) is 9.75. The molecule has 4 nitrogen and oxygen atoms in total. The molecule has 0 aliphatic carbocycles. The molecule has 0 unspecified atom stereocenters. The largest absolute Gasteiger partial charge is 0.361 e. The van der Waals surface area contributed by atoms with E-state index < -0.39 is 17.5 Å². The Balaban J connectivity index is 1.08. The summed E-state index contributed by atoms with van der Waals surface area (Å²) >= 11 is 0. The molecule has 7 heteroatoms. The molecule has 1 N–H and O–H groups in total. The van der Waals surface area contributed by atoms with Crippen LogP contribution in [0.4, 0.5) is 13.2 Å². The minimum atomic E-state index is -1.24. The number of likely N-dealkylation sites (tertiary alicyclic amines) is 2. The van der Waals surface area contributed by atoms with Gasteiger partial charge in [-0.2, -0.15) is 0 Å². The van der Waals surface area contributed by atoms with Gasteiger partial charge in [0.1, 0.15) is 5.82 Å². The standard InChI is InChI=1S/C28H30F3N3O/c29-24-16-26(31)25(30)15-21(24)5-6-28(35)34-13-7-19(8-14-34)18-33-11-9-20(10-12-33)23-17-32-27-4-2-1-3-22(23)27/h1-6,15-17,19-20,32H,7-14,18H2/b6-5+. The highest BCUT2D eigenvalue weighted by Gasteiger charge is 2.27. The number of para-hydroxylation sites is 1. The Kier molecular flexibility index (Phi) is 6.95. The van der Waals surface area contributed by atoms with Crippen molar-refractivity contribution in [3.8, 4) is 0 Å². The first-order valence-corrected chi connectivity index (χ1v) is 12.4. The van der Waals surface area contributed by atoms with Crippen LogP contribution < -0.4 is 0 Å². The van der Waals surface area contributed by atoms with E-state index in [-0.39, 0.29) is 11.5 Å². The number of rotatable bonds is 5. The molecule has 0 spiro atoms. The van der Waals surface area contributed by atoms with Gasteiger partial charge in [0.05, 0.1) is 0 Å². The smallest absolute Gasteiger partial charge is 0.246 e. The van der Waals surface area contributed by atoms with Gasteiger partial charge in [-0.05, 0) is 74.4 Å². The van der Waals surface area contributed by atoms with Crippen molar-refractivity contribution in [2.24, 2.45) is 5.92 Å². The van der Waals surface area contributed by atoms with Gasteiger partial charge in [0, 0.05) is 54.4 Å². The van der Waals surface area contributed by atoms with E-state index in [9.17, 15) is 18.0 Å². The Bertz CT molecular complexity index is 1220. The lowest BCUT2D eigenvalue weighted by molar-refractivity contribution is -0.127. The van der Waals surface area contributed by atoms with Crippen LogP contribution in [0.5, 0.6) is 0 Å². The van der Waals surface area contributed by atoms with Crippen LogP contribution in [0.15, 0.2) is 48.7 Å². The first kappa shape index (κ1) is 23.7. The van der Waals surface area contributed by atoms with Gasteiger partial charge in [-0.15, -0.1) is 0 Å². The molecule has 184 valence electrons. The quantitative estimate of drug-likeness (QED) is 0.374. The van der Waals surface area contributed by atoms with Crippen molar-refractivity contribution < 1.29 is 18.0 Å². The second-order valence-corrected chi connectivity index (χ2v) is 9.75. The third-order valence-corrected chi connectivity index (χ3v) is 7.54. The fourth-order valence-corrected chi connectivity index (χ4v) is 5.49. The van der Waals surface area contributed by atoms with E-state index in [0.717, 1.165) is 51.4 Å². The van der Waals surface area contributed by atoms with Crippen LogP contribution in [0.2, 0.25) is 0 Å². The van der Waals surface area contributed by atoms with Gasteiger partial charge in [-0.25, -0.2) is 13.2 Å². The molecule has 3 heterocycles. The lowest BCUT2D eigenvalue weighted by atomic mass is 9.88. The zero-order valence-electron chi connectivity index (χ0n) is 19.7. The number of piperidine rings is 2. The fourth-order valence-electron chi connectivity index (χ4n) is 5.49. The fraction of sp³-hybridized carbons (Fsp3) is 0.393. The summed E-state index contributed by atoms with van der Waals surface area (Å²) in [4.78, 5) is 20.2. The number of benzene rings is 2. The Labute approximate surface area is 203 Å². The number of carbonyl (C=O) groups is 1. The molecule has 2 aliphatic heterocycles. The minimum Gasteiger partial charge on any atom is -0.361 e. The number of aromatic amines is 1. The van der Waals surface area contributed by atoms with Gasteiger partial charge < -0.3 is 14.8 Å². The molecular formula is C28H30F3N3O. The molecule has 35 heavy (non-hydrogen) atoms. The lowest BCUT2D eigenvalue weighted by Crippen LogP contribution is -2.42.